The minimum atomic E-state index is -0.655. The summed E-state index contributed by atoms with van der Waals surface area (Å²) in [7, 11) is 1.45. The van der Waals surface area contributed by atoms with E-state index in [9.17, 15) is 14.7 Å². The fourth-order valence-electron chi connectivity index (χ4n) is 3.07. The molecule has 0 saturated carbocycles. The zero-order valence-corrected chi connectivity index (χ0v) is 19.0. The van der Waals surface area contributed by atoms with E-state index in [1.807, 2.05) is 25.3 Å². The number of amides is 2. The van der Waals surface area contributed by atoms with Crippen molar-refractivity contribution in [3.8, 4) is 11.5 Å². The van der Waals surface area contributed by atoms with E-state index in [-0.39, 0.29) is 11.7 Å². The zero-order chi connectivity index (χ0) is 23.5. The van der Waals surface area contributed by atoms with Gasteiger partial charge < -0.3 is 14.6 Å². The number of anilines is 1. The van der Waals surface area contributed by atoms with Gasteiger partial charge in [-0.2, -0.15) is 0 Å². The van der Waals surface area contributed by atoms with Crippen LogP contribution in [-0.2, 0) is 9.53 Å². The smallest absolute Gasteiger partial charge is 0.412 e. The van der Waals surface area contributed by atoms with Gasteiger partial charge in [-0.05, 0) is 67.0 Å². The van der Waals surface area contributed by atoms with Gasteiger partial charge in [0.1, 0.15) is 6.10 Å². The Kier molecular flexibility index (Phi) is 9.90. The summed E-state index contributed by atoms with van der Waals surface area (Å²) in [6.07, 6.45) is 4.65. The van der Waals surface area contributed by atoms with Gasteiger partial charge >= 0.3 is 6.09 Å². The van der Waals surface area contributed by atoms with Crippen molar-refractivity contribution in [3.05, 3.63) is 60.2 Å². The molecule has 0 bridgehead atoms. The Morgan fingerprint density at radius 3 is 2.50 bits per heavy atom. The van der Waals surface area contributed by atoms with Crippen molar-refractivity contribution in [3.63, 3.8) is 0 Å². The number of carbonyl (C=O) groups is 2. The van der Waals surface area contributed by atoms with Gasteiger partial charge in [0.25, 0.3) is 5.91 Å². The van der Waals surface area contributed by atoms with Crippen LogP contribution in [0.25, 0.3) is 0 Å². The molecule has 0 saturated heterocycles. The maximum absolute atomic E-state index is 12.6. The highest BCUT2D eigenvalue weighted by atomic mass is 32.2. The average molecular weight is 461 g/mol. The molecule has 0 unspecified atom stereocenters. The molecule has 0 aliphatic rings. The maximum atomic E-state index is 12.6. The number of ether oxygens (including phenoxy) is 2. The van der Waals surface area contributed by atoms with Crippen LogP contribution in [0.2, 0.25) is 0 Å². The molecule has 0 aromatic heterocycles. The molecule has 32 heavy (non-hydrogen) atoms. The van der Waals surface area contributed by atoms with Crippen molar-refractivity contribution in [2.24, 2.45) is 5.92 Å². The molecular formula is C23H28N2O6S. The van der Waals surface area contributed by atoms with E-state index in [4.69, 9.17) is 14.7 Å². The average Bonchev–Trinajstić information content (AvgIpc) is 2.80. The SMILES string of the molecule is COc1ccc([C@H](OC(=O)Nc2ccc(SC)cc2)[C@H](C)CC/C=C/C(=O)NO)cc1O. The van der Waals surface area contributed by atoms with Crippen LogP contribution in [0, 0.1) is 5.92 Å². The van der Waals surface area contributed by atoms with Crippen LogP contribution in [0.15, 0.2) is 59.5 Å². The van der Waals surface area contributed by atoms with Crippen LogP contribution in [-0.4, -0.2) is 35.7 Å². The number of rotatable bonds is 10. The Labute approximate surface area is 191 Å². The molecule has 2 aromatic carbocycles. The second kappa shape index (κ2) is 12.6. The number of allylic oxidation sites excluding steroid dienone is 1. The first-order valence-corrected chi connectivity index (χ1v) is 11.2. The predicted molar refractivity (Wildman–Crippen MR) is 123 cm³/mol. The molecule has 8 nitrogen and oxygen atoms in total. The van der Waals surface area contributed by atoms with E-state index < -0.39 is 18.1 Å². The first-order valence-electron chi connectivity index (χ1n) is 9.97. The number of hydrogen-bond acceptors (Lipinski definition) is 7. The molecule has 2 rings (SSSR count). The summed E-state index contributed by atoms with van der Waals surface area (Å²) in [4.78, 5) is 24.8. The number of aromatic hydroxyl groups is 1. The molecular weight excluding hydrogens is 432 g/mol. The number of benzene rings is 2. The third-order valence-corrected chi connectivity index (χ3v) is 5.53. The second-order valence-corrected chi connectivity index (χ2v) is 7.92. The Hall–Kier alpha value is -3.17. The van der Waals surface area contributed by atoms with Gasteiger partial charge in [0.2, 0.25) is 0 Å². The highest BCUT2D eigenvalue weighted by Gasteiger charge is 2.24. The molecule has 0 aliphatic heterocycles. The largest absolute Gasteiger partial charge is 0.504 e. The van der Waals surface area contributed by atoms with E-state index in [0.717, 1.165) is 4.90 Å². The van der Waals surface area contributed by atoms with Crippen LogP contribution in [0.4, 0.5) is 10.5 Å². The van der Waals surface area contributed by atoms with Crippen LogP contribution >= 0.6 is 11.8 Å². The van der Waals surface area contributed by atoms with Gasteiger partial charge in [0.05, 0.1) is 7.11 Å². The Morgan fingerprint density at radius 1 is 1.19 bits per heavy atom. The number of thioether (sulfide) groups is 1. The molecule has 2 amide bonds. The van der Waals surface area contributed by atoms with Crippen LogP contribution in [0.1, 0.15) is 31.4 Å². The molecule has 9 heteroatoms. The van der Waals surface area contributed by atoms with Crippen molar-refractivity contribution in [1.29, 1.82) is 0 Å². The Balaban J connectivity index is 2.14. The highest BCUT2D eigenvalue weighted by Crippen LogP contribution is 2.35. The van der Waals surface area contributed by atoms with Crippen LogP contribution in [0.3, 0.4) is 0 Å². The van der Waals surface area contributed by atoms with Crippen molar-refractivity contribution < 1.29 is 29.4 Å². The van der Waals surface area contributed by atoms with E-state index in [1.54, 1.807) is 42.1 Å². The Morgan fingerprint density at radius 2 is 1.91 bits per heavy atom. The quantitative estimate of drug-likeness (QED) is 0.173. The van der Waals surface area contributed by atoms with E-state index in [2.05, 4.69) is 5.32 Å². The third kappa shape index (κ3) is 7.51. The number of hydrogen-bond donors (Lipinski definition) is 4. The molecule has 4 N–H and O–H groups in total. The number of methoxy groups -OCH3 is 1. The first-order chi connectivity index (χ1) is 15.4. The van der Waals surface area contributed by atoms with Crippen molar-refractivity contribution in [2.75, 3.05) is 18.7 Å². The van der Waals surface area contributed by atoms with Gasteiger partial charge in [-0.15, -0.1) is 11.8 Å². The second-order valence-electron chi connectivity index (χ2n) is 7.04. The topological polar surface area (TPSA) is 117 Å². The van der Waals surface area contributed by atoms with E-state index in [1.165, 1.54) is 24.7 Å². The lowest BCUT2D eigenvalue weighted by Gasteiger charge is -2.25. The molecule has 2 aromatic rings. The first kappa shape index (κ1) is 25.1. The Bertz CT molecular complexity index is 933. The normalized spacial score (nSPS) is 12.8. The van der Waals surface area contributed by atoms with E-state index >= 15 is 0 Å². The lowest BCUT2D eigenvalue weighted by atomic mass is 9.92. The lowest BCUT2D eigenvalue weighted by Crippen LogP contribution is -2.22. The molecule has 0 heterocycles. The third-order valence-electron chi connectivity index (χ3n) is 4.79. The monoisotopic (exact) mass is 460 g/mol. The highest BCUT2D eigenvalue weighted by molar-refractivity contribution is 7.98. The minimum absolute atomic E-state index is 0.0571. The van der Waals surface area contributed by atoms with Crippen molar-refractivity contribution in [1.82, 2.24) is 5.48 Å². The zero-order valence-electron chi connectivity index (χ0n) is 18.2. The van der Waals surface area contributed by atoms with Crippen molar-refractivity contribution in [2.45, 2.75) is 30.8 Å². The fraction of sp³-hybridized carbons (Fsp3) is 0.304. The summed E-state index contributed by atoms with van der Waals surface area (Å²) in [6, 6.07) is 12.2. The number of hydroxylamine groups is 1. The molecule has 0 radical (unpaired) electrons. The summed E-state index contributed by atoms with van der Waals surface area (Å²) < 4.78 is 10.8. The molecule has 0 aliphatic carbocycles. The summed E-state index contributed by atoms with van der Waals surface area (Å²) in [5.74, 6) is -0.499. The molecule has 0 spiro atoms. The molecule has 172 valence electrons. The summed E-state index contributed by atoms with van der Waals surface area (Å²) in [6.45, 7) is 1.91. The summed E-state index contributed by atoms with van der Waals surface area (Å²) in [5.41, 5.74) is 2.75. The van der Waals surface area contributed by atoms with Crippen molar-refractivity contribution >= 4 is 29.4 Å². The van der Waals surface area contributed by atoms with Gasteiger partial charge in [-0.25, -0.2) is 10.3 Å². The predicted octanol–water partition coefficient (Wildman–Crippen LogP) is 4.89. The van der Waals surface area contributed by atoms with Crippen LogP contribution in [0.5, 0.6) is 11.5 Å². The molecule has 2 atom stereocenters. The van der Waals surface area contributed by atoms with Gasteiger partial charge in [0, 0.05) is 16.7 Å². The lowest BCUT2D eigenvalue weighted by molar-refractivity contribution is -0.124. The van der Waals surface area contributed by atoms with Gasteiger partial charge in [-0.1, -0.05) is 19.1 Å². The fourth-order valence-corrected chi connectivity index (χ4v) is 3.48. The van der Waals surface area contributed by atoms with E-state index in [0.29, 0.717) is 29.8 Å². The maximum Gasteiger partial charge on any atom is 0.412 e. The summed E-state index contributed by atoms with van der Waals surface area (Å²) in [5, 5.41) is 21.5. The minimum Gasteiger partial charge on any atom is -0.504 e. The molecule has 0 fully saturated rings. The van der Waals surface area contributed by atoms with Gasteiger partial charge in [0.15, 0.2) is 11.5 Å². The van der Waals surface area contributed by atoms with Crippen LogP contribution < -0.4 is 15.5 Å². The van der Waals surface area contributed by atoms with Gasteiger partial charge in [-0.3, -0.25) is 15.3 Å². The number of phenols is 1. The number of carbonyl (C=O) groups excluding carboxylic acids is 2. The standard InChI is InChI=1S/C23H28N2O6S/c1-15(6-4-5-7-21(27)25-29)22(16-8-13-20(30-2)19(26)14-16)31-23(28)24-17-9-11-18(32-3)12-10-17/h5,7-15,22,26,29H,4,6H2,1-3H3,(H,24,28)(H,25,27)/b7-5+/t15-,22-/m1/s1. The number of nitrogens with one attached hydrogen (secondary N) is 2. The summed E-state index contributed by atoms with van der Waals surface area (Å²) >= 11 is 1.60. The number of phenolic OH excluding ortho intramolecular Hbond substituents is 1.